The number of rotatable bonds is 16. The summed E-state index contributed by atoms with van der Waals surface area (Å²) in [7, 11) is -6.79. The summed E-state index contributed by atoms with van der Waals surface area (Å²) in [6, 6.07) is 7.31. The van der Waals surface area contributed by atoms with Gasteiger partial charge in [-0.2, -0.15) is 0 Å². The molecule has 3 rings (SSSR count). The van der Waals surface area contributed by atoms with Crippen LogP contribution >= 0.6 is 34.8 Å². The zero-order valence-electron chi connectivity index (χ0n) is 41.7. The summed E-state index contributed by atoms with van der Waals surface area (Å²) in [6.45, 7) is 38.0. The van der Waals surface area contributed by atoms with E-state index in [1.165, 1.54) is 13.2 Å². The van der Waals surface area contributed by atoms with E-state index in [1.54, 1.807) is 19.1 Å². The van der Waals surface area contributed by atoms with E-state index in [0.717, 1.165) is 5.56 Å². The van der Waals surface area contributed by atoms with Crippen LogP contribution < -0.4 is 9.47 Å². The number of ether oxygens (including phenoxy) is 6. The topological polar surface area (TPSA) is 134 Å². The molecule has 1 aliphatic heterocycles. The molecule has 1 unspecified atom stereocenters. The number of hydrogen-bond acceptors (Lipinski definition) is 12. The molecule has 12 nitrogen and oxygen atoms in total. The quantitative estimate of drug-likeness (QED) is 0.0301. The summed E-state index contributed by atoms with van der Waals surface area (Å²) in [6.07, 6.45) is -3.41. The van der Waals surface area contributed by atoms with E-state index < -0.39 is 84.2 Å². The first-order valence-electron chi connectivity index (χ1n) is 21.9. The van der Waals surface area contributed by atoms with Gasteiger partial charge in [0, 0.05) is 11.0 Å². The normalized spacial score (nSPS) is 20.6. The van der Waals surface area contributed by atoms with E-state index in [-0.39, 0.29) is 38.8 Å². The number of fused-ring (bicyclic) bond motifs is 1. The number of benzene rings is 2. The van der Waals surface area contributed by atoms with E-state index in [0.29, 0.717) is 22.8 Å². The second kappa shape index (κ2) is 21.5. The zero-order chi connectivity index (χ0) is 49.9. The van der Waals surface area contributed by atoms with Gasteiger partial charge in [-0.05, 0) is 96.4 Å². The molecular weight excluding hydrogens is 947 g/mol. The van der Waals surface area contributed by atoms with Crippen molar-refractivity contribution in [3.63, 3.8) is 0 Å². The lowest BCUT2D eigenvalue weighted by Crippen LogP contribution is -2.69. The van der Waals surface area contributed by atoms with Gasteiger partial charge in [-0.3, -0.25) is 0 Å². The van der Waals surface area contributed by atoms with Crippen molar-refractivity contribution < 1.29 is 56.1 Å². The van der Waals surface area contributed by atoms with Crippen LogP contribution in [0.4, 0.5) is 4.79 Å². The van der Waals surface area contributed by atoms with E-state index in [9.17, 15) is 14.4 Å². The lowest BCUT2D eigenvalue weighted by molar-refractivity contribution is -0.278. The number of carbonyl (C=O) groups excluding carboxylic acids is 3. The van der Waals surface area contributed by atoms with Crippen molar-refractivity contribution in [3.8, 4) is 11.5 Å². The first-order valence-corrected chi connectivity index (χ1v) is 31.8. The molecule has 65 heavy (non-hydrogen) atoms. The fraction of sp³-hybridized carbons (Fsp3) is 0.638. The number of hydrogen-bond donors (Lipinski definition) is 0. The van der Waals surface area contributed by atoms with Gasteiger partial charge in [0.1, 0.15) is 31.5 Å². The molecule has 18 heteroatoms. The maximum absolute atomic E-state index is 14.6. The molecular formula is C47H73Cl3O12Si3. The van der Waals surface area contributed by atoms with Crippen molar-refractivity contribution in [2.45, 2.75) is 171 Å². The lowest BCUT2D eigenvalue weighted by Gasteiger charge is -2.53. The Morgan fingerprint density at radius 2 is 1.32 bits per heavy atom. The summed E-state index contributed by atoms with van der Waals surface area (Å²) >= 11 is 18.2. The molecule has 1 saturated heterocycles. The molecule has 0 amide bonds. The van der Waals surface area contributed by atoms with Gasteiger partial charge in [-0.1, -0.05) is 135 Å². The summed E-state index contributed by atoms with van der Waals surface area (Å²) in [5.41, 5.74) is 1.60. The fourth-order valence-electron chi connectivity index (χ4n) is 6.18. The predicted molar refractivity (Wildman–Crippen MR) is 268 cm³/mol. The molecule has 2 aromatic carbocycles. The highest BCUT2D eigenvalue weighted by atomic mass is 35.6. The van der Waals surface area contributed by atoms with Gasteiger partial charge in [0.15, 0.2) is 42.6 Å². The molecule has 0 N–H and O–H groups in total. The van der Waals surface area contributed by atoms with E-state index in [1.807, 2.05) is 25.1 Å². The Hall–Kier alpha value is -2.45. The molecule has 1 fully saturated rings. The second-order valence-electron chi connectivity index (χ2n) is 21.1. The highest BCUT2D eigenvalue weighted by Crippen LogP contribution is 2.47. The third-order valence-corrected chi connectivity index (χ3v) is 26.8. The molecule has 5 atom stereocenters. The van der Waals surface area contributed by atoms with Gasteiger partial charge < -0.3 is 41.7 Å². The first-order chi connectivity index (χ1) is 29.5. The van der Waals surface area contributed by atoms with Crippen LogP contribution in [0.3, 0.4) is 0 Å². The van der Waals surface area contributed by atoms with Crippen molar-refractivity contribution in [2.75, 3.05) is 20.3 Å². The smallest absolute Gasteiger partial charge is 0.493 e. The average Bonchev–Trinajstić information content (AvgIpc) is 3.16. The largest absolute Gasteiger partial charge is 0.514 e. The highest BCUT2D eigenvalue weighted by molar-refractivity contribution is 6.75. The lowest BCUT2D eigenvalue weighted by atomic mass is 9.96. The Morgan fingerprint density at radius 1 is 0.800 bits per heavy atom. The van der Waals surface area contributed by atoms with E-state index >= 15 is 0 Å². The van der Waals surface area contributed by atoms with Crippen LogP contribution in [-0.2, 0) is 48.2 Å². The average molecular weight is 1020 g/mol. The Balaban J connectivity index is 2.34. The van der Waals surface area contributed by atoms with Crippen LogP contribution in [0.25, 0.3) is 16.8 Å². The molecule has 0 radical (unpaired) electrons. The summed E-state index contributed by atoms with van der Waals surface area (Å²) in [4.78, 5) is 41.7. The van der Waals surface area contributed by atoms with Crippen LogP contribution in [0.15, 0.2) is 42.5 Å². The number of carbonyl (C=O) groups is 3. The maximum atomic E-state index is 14.6. The van der Waals surface area contributed by atoms with Crippen molar-refractivity contribution >= 4 is 94.7 Å². The molecule has 1 aliphatic rings. The van der Waals surface area contributed by atoms with Crippen LogP contribution in [0.2, 0.25) is 54.4 Å². The molecule has 1 heterocycles. The predicted octanol–water partition coefficient (Wildman–Crippen LogP) is 12.9. The molecule has 0 spiro atoms. The third-order valence-electron chi connectivity index (χ3n) is 13.0. The van der Waals surface area contributed by atoms with E-state index in [2.05, 4.69) is 108 Å². The molecule has 2 aromatic rings. The number of aryl methyl sites for hydroxylation is 1. The fourth-order valence-corrected chi connectivity index (χ4v) is 10.2. The van der Waals surface area contributed by atoms with Gasteiger partial charge in [-0.25, -0.2) is 14.4 Å². The second-order valence-corrected chi connectivity index (χ2v) is 37.8. The number of alkyl halides is 3. The SMILES string of the molecule is C=CCOC(=O)Oc1c(OC)cc(/C=C(\C)C(=O)OC2O[C@H](C(=O)OCC(Cl)(Cl)Cl)[C@@H](O[Si](C)(C)C(C)(C)C)[C@H](O[Si](C)(C)C(C)(C)C)[C@H]2O[Si](C)(C)C(C)(C)C)c2cccc(CC)c12. The van der Waals surface area contributed by atoms with Gasteiger partial charge in [0.05, 0.1) is 7.11 Å². The Labute approximate surface area is 405 Å². The van der Waals surface area contributed by atoms with Gasteiger partial charge in [0.25, 0.3) is 0 Å². The van der Waals surface area contributed by atoms with Crippen LogP contribution in [0.5, 0.6) is 11.5 Å². The van der Waals surface area contributed by atoms with Crippen molar-refractivity contribution in [3.05, 3.63) is 53.6 Å². The Morgan fingerprint density at radius 3 is 1.80 bits per heavy atom. The van der Waals surface area contributed by atoms with Crippen LogP contribution in [0, 0.1) is 0 Å². The molecule has 366 valence electrons. The van der Waals surface area contributed by atoms with Crippen LogP contribution in [0.1, 0.15) is 87.3 Å². The van der Waals surface area contributed by atoms with E-state index in [4.69, 9.17) is 76.5 Å². The third kappa shape index (κ3) is 14.3. The first kappa shape index (κ1) is 56.9. The van der Waals surface area contributed by atoms with Gasteiger partial charge in [0.2, 0.25) is 10.1 Å². The minimum absolute atomic E-state index is 0.0430. The number of halogens is 3. The van der Waals surface area contributed by atoms with Crippen molar-refractivity contribution in [1.29, 1.82) is 0 Å². The summed E-state index contributed by atoms with van der Waals surface area (Å²) in [5.74, 6) is -1.25. The zero-order valence-corrected chi connectivity index (χ0v) is 47.0. The molecule has 0 aromatic heterocycles. The Bertz CT molecular complexity index is 2060. The van der Waals surface area contributed by atoms with Crippen molar-refractivity contribution in [1.82, 2.24) is 0 Å². The minimum Gasteiger partial charge on any atom is -0.493 e. The summed E-state index contributed by atoms with van der Waals surface area (Å²) in [5, 5.41) is 0.336. The number of esters is 2. The van der Waals surface area contributed by atoms with Gasteiger partial charge in [-0.15, -0.1) is 0 Å². The molecule has 0 aliphatic carbocycles. The standard InChI is InChI=1S/C47H73Cl3O12Si3/c1-20-25-55-43(53)58-35-33(54-13)27-31(32-24-22-23-30(21-2)34(32)35)26-29(3)40(51)59-42-39(62-65(18,19)46(10,11)12)37(61-64(16,17)45(7,8)9)36(60-63(14,15)44(4,5)6)38(57-42)41(52)56-28-47(48,49)50/h20,22-24,26-27,36-39,42H,1,21,25,28H2,2-19H3/b29-26+/t36-,37-,38-,39+,42?/m0/s1. The summed E-state index contributed by atoms with van der Waals surface area (Å²) < 4.78 is 55.0. The maximum Gasteiger partial charge on any atom is 0.514 e. The number of methoxy groups -OCH3 is 1. The van der Waals surface area contributed by atoms with Crippen LogP contribution in [-0.4, -0.2) is 97.9 Å². The minimum atomic E-state index is -2.75. The Kier molecular flexibility index (Phi) is 18.8. The molecule has 0 bridgehead atoms. The highest BCUT2D eigenvalue weighted by Gasteiger charge is 2.59. The molecule has 0 saturated carbocycles. The van der Waals surface area contributed by atoms with Gasteiger partial charge >= 0.3 is 18.1 Å². The van der Waals surface area contributed by atoms with Crippen molar-refractivity contribution in [2.24, 2.45) is 0 Å². The monoisotopic (exact) mass is 1020 g/mol.